The maximum absolute atomic E-state index is 12.3. The molecule has 5 heteroatoms. The summed E-state index contributed by atoms with van der Waals surface area (Å²) < 4.78 is 10.9. The second-order valence-corrected chi connectivity index (χ2v) is 4.87. The smallest absolute Gasteiger partial charge is 0.344 e. The summed E-state index contributed by atoms with van der Waals surface area (Å²) in [5, 5.41) is 20.0. The number of para-hydroxylation sites is 1. The van der Waals surface area contributed by atoms with E-state index in [1.54, 1.807) is 18.2 Å². The zero-order valence-corrected chi connectivity index (χ0v) is 10.8. The summed E-state index contributed by atoms with van der Waals surface area (Å²) >= 11 is 0. The van der Waals surface area contributed by atoms with Gasteiger partial charge in [-0.3, -0.25) is 0 Å². The maximum Gasteiger partial charge on any atom is 0.344 e. The first-order chi connectivity index (χ1) is 10.1. The number of phenols is 2. The number of phenolic OH excluding ortho intramolecular Hbond substituents is 2. The number of fused-ring (bicyclic) bond motifs is 5. The molecule has 0 unspecified atom stereocenters. The number of aromatic hydroxyl groups is 2. The molecule has 1 aliphatic heterocycles. The Balaban J connectivity index is 2.14. The molecule has 0 bridgehead atoms. The summed E-state index contributed by atoms with van der Waals surface area (Å²) in [6.45, 7) is 0.178. The molecular weight excluding hydrogens is 272 g/mol. The molecule has 21 heavy (non-hydrogen) atoms. The van der Waals surface area contributed by atoms with Crippen molar-refractivity contribution in [1.82, 2.24) is 0 Å². The van der Waals surface area contributed by atoms with Crippen molar-refractivity contribution in [2.24, 2.45) is 0 Å². The summed E-state index contributed by atoms with van der Waals surface area (Å²) in [6, 6.07) is 9.49. The van der Waals surface area contributed by atoms with Gasteiger partial charge >= 0.3 is 5.63 Å². The van der Waals surface area contributed by atoms with Crippen molar-refractivity contribution in [3.05, 3.63) is 52.4 Å². The highest BCUT2D eigenvalue weighted by Crippen LogP contribution is 2.40. The highest BCUT2D eigenvalue weighted by Gasteiger charge is 2.25. The third kappa shape index (κ3) is 1.61. The fraction of sp³-hybridized carbons (Fsp3) is 0.0625. The lowest BCUT2D eigenvalue weighted by molar-refractivity contribution is 0.300. The third-order valence-electron chi connectivity index (χ3n) is 3.63. The van der Waals surface area contributed by atoms with E-state index in [2.05, 4.69) is 0 Å². The monoisotopic (exact) mass is 282 g/mol. The van der Waals surface area contributed by atoms with Crippen LogP contribution >= 0.6 is 0 Å². The van der Waals surface area contributed by atoms with Crippen LogP contribution in [-0.4, -0.2) is 10.2 Å². The van der Waals surface area contributed by atoms with Gasteiger partial charge < -0.3 is 19.4 Å². The molecule has 2 N–H and O–H groups in total. The lowest BCUT2D eigenvalue weighted by Crippen LogP contribution is -2.14. The van der Waals surface area contributed by atoms with Crippen LogP contribution in [0.25, 0.3) is 22.1 Å². The molecule has 3 aromatic rings. The van der Waals surface area contributed by atoms with Gasteiger partial charge in [-0.1, -0.05) is 12.1 Å². The molecule has 0 atom stereocenters. The van der Waals surface area contributed by atoms with Crippen LogP contribution in [0, 0.1) is 0 Å². The molecule has 1 aliphatic rings. The number of hydrogen-bond acceptors (Lipinski definition) is 5. The quantitative estimate of drug-likeness (QED) is 0.620. The number of benzene rings is 2. The molecule has 5 nitrogen and oxygen atoms in total. The molecule has 0 spiro atoms. The first kappa shape index (κ1) is 11.8. The van der Waals surface area contributed by atoms with Gasteiger partial charge in [0.1, 0.15) is 18.1 Å². The summed E-state index contributed by atoms with van der Waals surface area (Å²) in [6.07, 6.45) is 0. The van der Waals surface area contributed by atoms with Crippen LogP contribution < -0.4 is 10.4 Å². The van der Waals surface area contributed by atoms with E-state index in [1.807, 2.05) is 0 Å². The fourth-order valence-corrected chi connectivity index (χ4v) is 2.68. The zero-order valence-electron chi connectivity index (χ0n) is 10.8. The highest BCUT2D eigenvalue weighted by atomic mass is 16.5. The van der Waals surface area contributed by atoms with Gasteiger partial charge in [-0.2, -0.15) is 0 Å². The Hall–Kier alpha value is -2.95. The van der Waals surface area contributed by atoms with Crippen molar-refractivity contribution < 1.29 is 19.4 Å². The first-order valence-electron chi connectivity index (χ1n) is 6.39. The molecule has 1 aromatic heterocycles. The van der Waals surface area contributed by atoms with E-state index < -0.39 is 5.63 Å². The van der Waals surface area contributed by atoms with Gasteiger partial charge in [-0.25, -0.2) is 4.79 Å². The molecule has 0 aliphatic carbocycles. The van der Waals surface area contributed by atoms with E-state index in [9.17, 15) is 15.0 Å². The molecular formula is C16H10O5. The lowest BCUT2D eigenvalue weighted by atomic mass is 9.96. The van der Waals surface area contributed by atoms with Gasteiger partial charge in [0.2, 0.25) is 0 Å². The van der Waals surface area contributed by atoms with Crippen LogP contribution in [0.3, 0.4) is 0 Å². The van der Waals surface area contributed by atoms with Gasteiger partial charge in [0, 0.05) is 22.6 Å². The average Bonchev–Trinajstić information content (AvgIpc) is 2.47. The predicted molar refractivity (Wildman–Crippen MR) is 75.6 cm³/mol. The molecule has 0 saturated carbocycles. The molecule has 0 radical (unpaired) electrons. The summed E-state index contributed by atoms with van der Waals surface area (Å²) in [5.41, 5.74) is 1.29. The van der Waals surface area contributed by atoms with Crippen molar-refractivity contribution in [3.63, 3.8) is 0 Å². The Kier molecular flexibility index (Phi) is 2.27. The zero-order chi connectivity index (χ0) is 14.6. The van der Waals surface area contributed by atoms with Crippen LogP contribution in [0.15, 0.2) is 45.6 Å². The van der Waals surface area contributed by atoms with Crippen LogP contribution in [0.5, 0.6) is 17.2 Å². The summed E-state index contributed by atoms with van der Waals surface area (Å²) in [7, 11) is 0. The largest absolute Gasteiger partial charge is 0.508 e. The van der Waals surface area contributed by atoms with Crippen LogP contribution in [0.2, 0.25) is 0 Å². The third-order valence-corrected chi connectivity index (χ3v) is 3.63. The standard InChI is InChI=1S/C16H10O5/c17-8-4-5-10-13(6-8)20-7-11-9-2-1-3-12(18)15(9)21-16(19)14(10)11/h1-6,17-18H,7H2. The number of hydrogen-bond donors (Lipinski definition) is 2. The van der Waals surface area contributed by atoms with Crippen LogP contribution in [-0.2, 0) is 6.61 Å². The second-order valence-electron chi connectivity index (χ2n) is 4.87. The Morgan fingerprint density at radius 2 is 1.95 bits per heavy atom. The van der Waals surface area contributed by atoms with E-state index >= 15 is 0 Å². The number of rotatable bonds is 0. The minimum absolute atomic E-state index is 0.0695. The Bertz CT molecular complexity index is 939. The SMILES string of the molecule is O=c1oc2c(O)cccc2c2c1-c1ccc(O)cc1OC2. The lowest BCUT2D eigenvalue weighted by Gasteiger charge is -2.21. The molecule has 0 saturated heterocycles. The fourth-order valence-electron chi connectivity index (χ4n) is 2.68. The molecule has 0 amide bonds. The molecule has 4 rings (SSSR count). The van der Waals surface area contributed by atoms with Crippen LogP contribution in [0.4, 0.5) is 0 Å². The molecule has 0 fully saturated rings. The van der Waals surface area contributed by atoms with E-state index in [0.717, 1.165) is 0 Å². The Morgan fingerprint density at radius 1 is 1.10 bits per heavy atom. The average molecular weight is 282 g/mol. The van der Waals surface area contributed by atoms with Gasteiger partial charge in [-0.05, 0) is 18.2 Å². The van der Waals surface area contributed by atoms with Gasteiger partial charge in [0.05, 0.1) is 5.56 Å². The second kappa shape index (κ2) is 4.02. The van der Waals surface area contributed by atoms with Crippen molar-refractivity contribution in [1.29, 1.82) is 0 Å². The van der Waals surface area contributed by atoms with Crippen LogP contribution in [0.1, 0.15) is 5.56 Å². The topological polar surface area (TPSA) is 79.9 Å². The van der Waals surface area contributed by atoms with E-state index in [-0.39, 0.29) is 23.7 Å². The minimum Gasteiger partial charge on any atom is -0.508 e. The predicted octanol–water partition coefficient (Wildman–Crippen LogP) is 2.76. The summed E-state index contributed by atoms with van der Waals surface area (Å²) in [5.74, 6) is 0.429. The molecule has 2 aromatic carbocycles. The van der Waals surface area contributed by atoms with Gasteiger partial charge in [0.15, 0.2) is 11.3 Å². The Morgan fingerprint density at radius 3 is 2.81 bits per heavy atom. The number of ether oxygens (including phenoxy) is 1. The normalized spacial score (nSPS) is 12.6. The minimum atomic E-state index is -0.533. The van der Waals surface area contributed by atoms with E-state index in [4.69, 9.17) is 9.15 Å². The maximum atomic E-state index is 12.3. The highest BCUT2D eigenvalue weighted by molar-refractivity contribution is 5.91. The molecule has 104 valence electrons. The van der Waals surface area contributed by atoms with Crippen molar-refractivity contribution in [3.8, 4) is 28.4 Å². The first-order valence-corrected chi connectivity index (χ1v) is 6.39. The van der Waals surface area contributed by atoms with Gasteiger partial charge in [-0.15, -0.1) is 0 Å². The molecule has 2 heterocycles. The van der Waals surface area contributed by atoms with E-state index in [0.29, 0.717) is 27.8 Å². The van der Waals surface area contributed by atoms with E-state index in [1.165, 1.54) is 18.2 Å². The van der Waals surface area contributed by atoms with Gasteiger partial charge in [0.25, 0.3) is 0 Å². The van der Waals surface area contributed by atoms with Crippen molar-refractivity contribution >= 4 is 11.0 Å². The Labute approximate surface area is 118 Å². The summed E-state index contributed by atoms with van der Waals surface area (Å²) in [4.78, 5) is 12.3. The van der Waals surface area contributed by atoms with Crippen molar-refractivity contribution in [2.75, 3.05) is 0 Å². The van der Waals surface area contributed by atoms with Crippen molar-refractivity contribution in [2.45, 2.75) is 6.61 Å².